The Labute approximate surface area is 166 Å². The number of amides is 1. The standard InChI is InChI=1S/C20H20FN5O3/c1-13(27)16-17(14-3-5-15(21)6-4-14)24-29-18(16)19(28)25-9-11-26(12-10-25)20-22-7-2-8-23-20/h2-8,13,27H,9-12H2,1H3/t13-/m0/s1. The summed E-state index contributed by atoms with van der Waals surface area (Å²) in [4.78, 5) is 25.2. The molecule has 1 saturated heterocycles. The number of halogens is 1. The van der Waals surface area contributed by atoms with Crippen LogP contribution in [0.3, 0.4) is 0 Å². The van der Waals surface area contributed by atoms with Crippen molar-refractivity contribution >= 4 is 11.9 Å². The molecule has 0 radical (unpaired) electrons. The molecule has 0 spiro atoms. The number of carbonyl (C=O) groups is 1. The zero-order valence-corrected chi connectivity index (χ0v) is 15.8. The van der Waals surface area contributed by atoms with E-state index in [2.05, 4.69) is 15.1 Å². The van der Waals surface area contributed by atoms with E-state index in [9.17, 15) is 14.3 Å². The first-order valence-corrected chi connectivity index (χ1v) is 9.29. The third kappa shape index (κ3) is 3.81. The molecule has 0 bridgehead atoms. The minimum absolute atomic E-state index is 0.00346. The minimum Gasteiger partial charge on any atom is -0.388 e. The maximum Gasteiger partial charge on any atom is 0.293 e. The summed E-state index contributed by atoms with van der Waals surface area (Å²) in [6.45, 7) is 3.63. The van der Waals surface area contributed by atoms with E-state index >= 15 is 0 Å². The number of aromatic nitrogens is 3. The molecule has 1 aromatic carbocycles. The van der Waals surface area contributed by atoms with E-state index in [-0.39, 0.29) is 17.5 Å². The van der Waals surface area contributed by atoms with Crippen molar-refractivity contribution in [2.24, 2.45) is 0 Å². The zero-order chi connectivity index (χ0) is 20.4. The summed E-state index contributed by atoms with van der Waals surface area (Å²) in [5.74, 6) is -0.0888. The van der Waals surface area contributed by atoms with E-state index in [0.29, 0.717) is 48.9 Å². The summed E-state index contributed by atoms with van der Waals surface area (Å²) in [6, 6.07) is 7.41. The van der Waals surface area contributed by atoms with Crippen molar-refractivity contribution in [2.45, 2.75) is 13.0 Å². The average molecular weight is 397 g/mol. The van der Waals surface area contributed by atoms with Crippen LogP contribution in [0.2, 0.25) is 0 Å². The predicted octanol–water partition coefficient (Wildman–Crippen LogP) is 2.29. The smallest absolute Gasteiger partial charge is 0.293 e. The van der Waals surface area contributed by atoms with E-state index in [0.717, 1.165) is 0 Å². The van der Waals surface area contributed by atoms with Gasteiger partial charge in [-0.1, -0.05) is 5.16 Å². The second-order valence-corrected chi connectivity index (χ2v) is 6.78. The van der Waals surface area contributed by atoms with Crippen molar-refractivity contribution in [3.8, 4) is 11.3 Å². The van der Waals surface area contributed by atoms with Gasteiger partial charge in [0.15, 0.2) is 0 Å². The summed E-state index contributed by atoms with van der Waals surface area (Å²) in [7, 11) is 0. The lowest BCUT2D eigenvalue weighted by molar-refractivity contribution is 0.0696. The predicted molar refractivity (Wildman–Crippen MR) is 103 cm³/mol. The van der Waals surface area contributed by atoms with Gasteiger partial charge in [-0.25, -0.2) is 14.4 Å². The molecular formula is C20H20FN5O3. The monoisotopic (exact) mass is 397 g/mol. The van der Waals surface area contributed by atoms with Crippen LogP contribution in [-0.4, -0.2) is 57.2 Å². The lowest BCUT2D eigenvalue weighted by Crippen LogP contribution is -2.49. The number of nitrogens with zero attached hydrogens (tertiary/aromatic N) is 5. The van der Waals surface area contributed by atoms with E-state index < -0.39 is 6.10 Å². The summed E-state index contributed by atoms with van der Waals surface area (Å²) in [6.07, 6.45) is 2.39. The van der Waals surface area contributed by atoms with Crippen LogP contribution in [0.5, 0.6) is 0 Å². The summed E-state index contributed by atoms with van der Waals surface area (Å²) in [5.41, 5.74) is 1.20. The largest absolute Gasteiger partial charge is 0.388 e. The quantitative estimate of drug-likeness (QED) is 0.722. The van der Waals surface area contributed by atoms with Gasteiger partial charge in [0.05, 0.1) is 11.7 Å². The molecule has 0 saturated carbocycles. The number of aliphatic hydroxyl groups excluding tert-OH is 1. The van der Waals surface area contributed by atoms with Gasteiger partial charge in [-0.2, -0.15) is 0 Å². The van der Waals surface area contributed by atoms with Crippen molar-refractivity contribution in [2.75, 3.05) is 31.1 Å². The molecule has 3 aromatic rings. The third-order valence-electron chi connectivity index (χ3n) is 4.86. The highest BCUT2D eigenvalue weighted by molar-refractivity contribution is 5.94. The lowest BCUT2D eigenvalue weighted by atomic mass is 10.0. The van der Waals surface area contributed by atoms with Crippen LogP contribution in [0.4, 0.5) is 10.3 Å². The van der Waals surface area contributed by atoms with Gasteiger partial charge in [0.25, 0.3) is 5.91 Å². The fraction of sp³-hybridized carbons (Fsp3) is 0.300. The fourth-order valence-electron chi connectivity index (χ4n) is 3.36. The third-order valence-corrected chi connectivity index (χ3v) is 4.86. The van der Waals surface area contributed by atoms with E-state index in [1.54, 1.807) is 30.3 Å². The van der Waals surface area contributed by atoms with Gasteiger partial charge < -0.3 is 19.4 Å². The number of rotatable bonds is 4. The fourth-order valence-corrected chi connectivity index (χ4v) is 3.36. The Kier molecular flexibility index (Phi) is 5.22. The topological polar surface area (TPSA) is 95.6 Å². The van der Waals surface area contributed by atoms with Crippen LogP contribution >= 0.6 is 0 Å². The Morgan fingerprint density at radius 2 is 1.79 bits per heavy atom. The summed E-state index contributed by atoms with van der Waals surface area (Å²) >= 11 is 0. The molecule has 1 fully saturated rings. The summed E-state index contributed by atoms with van der Waals surface area (Å²) in [5, 5.41) is 14.2. The van der Waals surface area contributed by atoms with Gasteiger partial charge in [0, 0.05) is 44.1 Å². The second-order valence-electron chi connectivity index (χ2n) is 6.78. The molecule has 1 N–H and O–H groups in total. The Morgan fingerprint density at radius 3 is 2.41 bits per heavy atom. The van der Waals surface area contributed by atoms with Crippen LogP contribution in [-0.2, 0) is 0 Å². The Balaban J connectivity index is 1.54. The minimum atomic E-state index is -0.973. The van der Waals surface area contributed by atoms with Gasteiger partial charge in [-0.15, -0.1) is 0 Å². The number of carbonyl (C=O) groups excluding carboxylic acids is 1. The maximum absolute atomic E-state index is 13.2. The Bertz CT molecular complexity index is 983. The normalized spacial score (nSPS) is 15.4. The zero-order valence-electron chi connectivity index (χ0n) is 15.8. The van der Waals surface area contributed by atoms with E-state index in [1.807, 2.05) is 4.90 Å². The van der Waals surface area contributed by atoms with Gasteiger partial charge in [0.1, 0.15) is 11.5 Å². The van der Waals surface area contributed by atoms with Crippen LogP contribution in [0, 0.1) is 5.82 Å². The SMILES string of the molecule is C[C@H](O)c1c(-c2ccc(F)cc2)noc1C(=O)N1CCN(c2ncccn2)CC1. The van der Waals surface area contributed by atoms with E-state index in [1.165, 1.54) is 24.3 Å². The highest BCUT2D eigenvalue weighted by Crippen LogP contribution is 2.31. The molecular weight excluding hydrogens is 377 g/mol. The van der Waals surface area contributed by atoms with Crippen molar-refractivity contribution in [1.82, 2.24) is 20.0 Å². The molecule has 1 aliphatic heterocycles. The molecule has 29 heavy (non-hydrogen) atoms. The van der Waals surface area contributed by atoms with Crippen molar-refractivity contribution < 1.29 is 18.8 Å². The number of aliphatic hydroxyl groups is 1. The first-order valence-electron chi connectivity index (χ1n) is 9.29. The molecule has 0 aliphatic carbocycles. The van der Waals surface area contributed by atoms with E-state index in [4.69, 9.17) is 4.52 Å². The van der Waals surface area contributed by atoms with Crippen molar-refractivity contribution in [3.63, 3.8) is 0 Å². The average Bonchev–Trinajstić information content (AvgIpc) is 3.20. The van der Waals surface area contributed by atoms with Crippen molar-refractivity contribution in [1.29, 1.82) is 0 Å². The molecule has 150 valence electrons. The van der Waals surface area contributed by atoms with Gasteiger partial charge in [0.2, 0.25) is 11.7 Å². The highest BCUT2D eigenvalue weighted by atomic mass is 19.1. The molecule has 4 rings (SSSR count). The van der Waals surface area contributed by atoms with Crippen LogP contribution in [0.15, 0.2) is 47.2 Å². The van der Waals surface area contributed by atoms with Gasteiger partial charge >= 0.3 is 0 Å². The molecule has 3 heterocycles. The molecule has 1 amide bonds. The number of hydrogen-bond donors (Lipinski definition) is 1. The number of anilines is 1. The molecule has 0 unspecified atom stereocenters. The molecule has 2 aromatic heterocycles. The molecule has 1 aliphatic rings. The molecule has 9 heteroatoms. The van der Waals surface area contributed by atoms with Gasteiger partial charge in [-0.3, -0.25) is 4.79 Å². The van der Waals surface area contributed by atoms with Gasteiger partial charge in [-0.05, 0) is 37.3 Å². The number of piperazine rings is 1. The first kappa shape index (κ1) is 19.0. The lowest BCUT2D eigenvalue weighted by Gasteiger charge is -2.34. The number of hydrogen-bond acceptors (Lipinski definition) is 7. The summed E-state index contributed by atoms with van der Waals surface area (Å²) < 4.78 is 18.6. The first-order chi connectivity index (χ1) is 14.0. The highest BCUT2D eigenvalue weighted by Gasteiger charge is 2.31. The molecule has 1 atom stereocenters. The van der Waals surface area contributed by atoms with Crippen molar-refractivity contribution in [3.05, 3.63) is 59.9 Å². The van der Waals surface area contributed by atoms with Crippen LogP contribution in [0.1, 0.15) is 29.1 Å². The van der Waals surface area contributed by atoms with Crippen LogP contribution < -0.4 is 4.90 Å². The Morgan fingerprint density at radius 1 is 1.14 bits per heavy atom. The number of benzene rings is 1. The Hall–Kier alpha value is -3.33. The molecule has 8 nitrogen and oxygen atoms in total. The van der Waals surface area contributed by atoms with Crippen LogP contribution in [0.25, 0.3) is 11.3 Å². The maximum atomic E-state index is 13.2. The second kappa shape index (κ2) is 7.96.